The van der Waals surface area contributed by atoms with E-state index in [4.69, 9.17) is 0 Å². The summed E-state index contributed by atoms with van der Waals surface area (Å²) in [6, 6.07) is 99.5. The van der Waals surface area contributed by atoms with Crippen LogP contribution in [0.2, 0.25) is 0 Å². The van der Waals surface area contributed by atoms with Crippen molar-refractivity contribution in [1.29, 1.82) is 0 Å². The monoisotopic (exact) mass is 1670 g/mol. The molecule has 0 amide bonds. The van der Waals surface area contributed by atoms with Gasteiger partial charge in [-0.2, -0.15) is 30.6 Å². The van der Waals surface area contributed by atoms with Gasteiger partial charge < -0.3 is 0 Å². The molecule has 0 saturated heterocycles. The lowest BCUT2D eigenvalue weighted by molar-refractivity contribution is 1.03. The molecular formula is C102H80N26. The molecular weight excluding hydrogens is 1590 g/mol. The molecule has 0 bridgehead atoms. The second-order valence-electron chi connectivity index (χ2n) is 25.8. The zero-order chi connectivity index (χ0) is 87.7. The Morgan fingerprint density at radius 3 is 1.02 bits per heavy atom. The van der Waals surface area contributed by atoms with Gasteiger partial charge in [0.15, 0.2) is 0 Å². The fourth-order valence-corrected chi connectivity index (χ4v) is 11.4. The number of benzene rings is 10. The Morgan fingerprint density at radius 2 is 0.508 bits per heavy atom. The molecule has 0 fully saturated rings. The molecule has 0 aliphatic carbocycles. The van der Waals surface area contributed by atoms with E-state index in [-0.39, 0.29) is 0 Å². The van der Waals surface area contributed by atoms with Crippen LogP contribution < -0.4 is 0 Å². The maximum Gasteiger partial charge on any atom is 0.119 e. The van der Waals surface area contributed by atoms with Crippen molar-refractivity contribution in [2.24, 2.45) is 0 Å². The Hall–Kier alpha value is -18.5. The normalized spacial score (nSPS) is 9.72. The number of fused-ring (bicyclic) bond motifs is 13. The summed E-state index contributed by atoms with van der Waals surface area (Å²) < 4.78 is 0. The Labute approximate surface area is 735 Å². The van der Waals surface area contributed by atoms with Crippen molar-refractivity contribution in [1.82, 2.24) is 130 Å². The van der Waals surface area contributed by atoms with Gasteiger partial charge in [0.25, 0.3) is 0 Å². The Morgan fingerprint density at radius 1 is 0.125 bits per heavy atom. The van der Waals surface area contributed by atoms with Gasteiger partial charge in [0.05, 0.1) is 68.2 Å². The molecule has 15 aromatic heterocycles. The Kier molecular flexibility index (Phi) is 36.9. The van der Waals surface area contributed by atoms with E-state index < -0.39 is 0 Å². The number of aromatic nitrogens is 26. The molecule has 0 aliphatic rings. The zero-order valence-corrected chi connectivity index (χ0v) is 68.8. The predicted octanol–water partition coefficient (Wildman–Crippen LogP) is 20.6. The van der Waals surface area contributed by atoms with Gasteiger partial charge in [0.2, 0.25) is 0 Å². The summed E-state index contributed by atoms with van der Waals surface area (Å²) in [5, 5.41) is 37.5. The summed E-state index contributed by atoms with van der Waals surface area (Å²) in [6.45, 7) is 0. The van der Waals surface area contributed by atoms with Gasteiger partial charge in [-0.15, -0.1) is 0 Å². The van der Waals surface area contributed by atoms with Crippen LogP contribution in [-0.4, -0.2) is 130 Å². The minimum Gasteiger partial charge on any atom is -0.265 e. The largest absolute Gasteiger partial charge is 0.265 e. The molecule has 0 N–H and O–H groups in total. The van der Waals surface area contributed by atoms with Crippen LogP contribution in [-0.2, 0) is 0 Å². The number of hydrogen-bond donors (Lipinski definition) is 0. The maximum absolute atomic E-state index is 4.30. The highest BCUT2D eigenvalue weighted by atomic mass is 15.1. The van der Waals surface area contributed by atoms with Gasteiger partial charge in [0.1, 0.15) is 44.3 Å². The average Bonchev–Trinajstić information content (AvgIpc) is 0.799. The van der Waals surface area contributed by atoms with E-state index in [0.29, 0.717) is 0 Å². The second-order valence-corrected chi connectivity index (χ2v) is 25.8. The molecule has 128 heavy (non-hydrogen) atoms. The first kappa shape index (κ1) is 88.8. The van der Waals surface area contributed by atoms with Gasteiger partial charge in [-0.05, 0) is 136 Å². The second kappa shape index (κ2) is 53.2. The quantitative estimate of drug-likeness (QED) is 0.127. The molecule has 26 heteroatoms. The summed E-state index contributed by atoms with van der Waals surface area (Å²) in [5.41, 5.74) is 8.83. The first-order valence-corrected chi connectivity index (χ1v) is 39.7. The molecule has 10 aromatic carbocycles. The minimum absolute atomic E-state index is 0.949. The Balaban J connectivity index is 0.000000126. The SMILES string of the molecule is c1ccc2c(c1)ccc1cncnc12.c1ccc2c(c1)ccc1ncncc12.c1ccc2cnccc2c1.c1ccc2cnncc2c1.c1ccc2ncccc2c1.c1ccc2nccnc2c1.c1ccc2ncncc2c1.c1ccc2nnccc2c1.c1ccncc1.c1ccnnc1.c1cnc2cccnc2c1.c1cnccn1.c1cncnc1.c1ncncn1. The molecule has 0 atom stereocenters. The molecule has 0 radical (unpaired) electrons. The number of pyridine rings is 5. The number of hydrogen-bond acceptors (Lipinski definition) is 26. The third-order valence-electron chi connectivity index (χ3n) is 17.3. The standard InChI is InChI=1S/2C12H8N2.2C9H7N.5C8H6N2.C5H5N.3C4H4N2.C3H3N3/c1-2-4-11-9(3-1)5-6-10-7-13-8-14-12(10)11;1-2-4-10-9(3-1)5-6-12-11(10)7-13-8-14-12;1-2-6-9-8(4-1)5-3-7-10-9;1-2-4-9-7-10-6-5-8(9)3-1;1-3-7-8(9-5-1)4-2-6-10-7;1-2-4-8-7(3-1)5-9-6-10-8;1-2-4-8-6-10-9-5-7(8)3-1;1-2-4-8-7(3-1)9-5-6-10-8;1-2-4-8-7(3-1)5-6-9-10-8;1-2-4-6-5-3-1;1-2-6-4-3-5-1;1-2-5-4-6-3-1;1-2-4-6-5-3-1;1-4-2-6-3-5-1/h2*1-8H;2*1-7H;5*1-6H;1-5H;3*1-4H;1-3H. The smallest absolute Gasteiger partial charge is 0.119 e. The molecule has 0 spiro atoms. The predicted molar refractivity (Wildman–Crippen MR) is 505 cm³/mol. The third-order valence-corrected chi connectivity index (χ3v) is 17.3. The van der Waals surface area contributed by atoms with E-state index >= 15 is 0 Å². The first-order chi connectivity index (χ1) is 63.7. The maximum atomic E-state index is 4.30. The summed E-state index contributed by atoms with van der Waals surface area (Å²) in [4.78, 5) is 78.5. The van der Waals surface area contributed by atoms with Crippen molar-refractivity contribution < 1.29 is 0 Å². The lowest BCUT2D eigenvalue weighted by Crippen LogP contribution is -1.82. The summed E-state index contributed by atoms with van der Waals surface area (Å²) in [7, 11) is 0. The molecule has 25 aromatic rings. The highest BCUT2D eigenvalue weighted by molar-refractivity contribution is 6.06. The van der Waals surface area contributed by atoms with Crippen molar-refractivity contribution >= 4 is 120 Å². The van der Waals surface area contributed by atoms with Gasteiger partial charge in [-0.1, -0.05) is 194 Å². The zero-order valence-electron chi connectivity index (χ0n) is 68.8. The average molecular weight is 1670 g/mol. The topological polar surface area (TPSA) is 335 Å². The highest BCUT2D eigenvalue weighted by Gasteiger charge is 2.02. The first-order valence-electron chi connectivity index (χ1n) is 39.7. The van der Waals surface area contributed by atoms with E-state index in [1.807, 2.05) is 268 Å². The van der Waals surface area contributed by atoms with Crippen LogP contribution in [0.15, 0.2) is 490 Å². The van der Waals surface area contributed by atoms with Crippen LogP contribution in [0.5, 0.6) is 0 Å². The van der Waals surface area contributed by atoms with E-state index in [0.717, 1.165) is 82.0 Å². The lowest BCUT2D eigenvalue weighted by atomic mass is 10.1. The van der Waals surface area contributed by atoms with Crippen LogP contribution in [0.3, 0.4) is 0 Å². The number of para-hydroxylation sites is 4. The van der Waals surface area contributed by atoms with Crippen LogP contribution in [0.25, 0.3) is 120 Å². The van der Waals surface area contributed by atoms with E-state index in [1.165, 1.54) is 63.0 Å². The molecule has 618 valence electrons. The van der Waals surface area contributed by atoms with Crippen LogP contribution in [0, 0.1) is 0 Å². The van der Waals surface area contributed by atoms with Crippen LogP contribution in [0.4, 0.5) is 0 Å². The van der Waals surface area contributed by atoms with Gasteiger partial charge in [-0.25, -0.2) is 54.8 Å². The van der Waals surface area contributed by atoms with Crippen molar-refractivity contribution in [3.63, 3.8) is 0 Å². The molecule has 0 unspecified atom stereocenters. The summed E-state index contributed by atoms with van der Waals surface area (Å²) in [5.74, 6) is 0. The summed E-state index contributed by atoms with van der Waals surface area (Å²) in [6.07, 6.45) is 50.4. The highest BCUT2D eigenvalue weighted by Crippen LogP contribution is 2.24. The Bertz CT molecular complexity index is 5660. The third kappa shape index (κ3) is 30.7. The van der Waals surface area contributed by atoms with Crippen molar-refractivity contribution in [2.45, 2.75) is 0 Å². The summed E-state index contributed by atoms with van der Waals surface area (Å²) >= 11 is 0. The van der Waals surface area contributed by atoms with E-state index in [9.17, 15) is 0 Å². The van der Waals surface area contributed by atoms with Gasteiger partial charge >= 0.3 is 0 Å². The molecule has 0 saturated carbocycles. The van der Waals surface area contributed by atoms with Crippen molar-refractivity contribution in [2.75, 3.05) is 0 Å². The minimum atomic E-state index is 0.949. The lowest BCUT2D eigenvalue weighted by Gasteiger charge is -2.00. The van der Waals surface area contributed by atoms with Crippen LogP contribution in [0.1, 0.15) is 0 Å². The van der Waals surface area contributed by atoms with E-state index in [1.54, 1.807) is 130 Å². The van der Waals surface area contributed by atoms with Crippen molar-refractivity contribution in [3.05, 3.63) is 490 Å². The van der Waals surface area contributed by atoms with E-state index in [2.05, 4.69) is 197 Å². The molecule has 25 rings (SSSR count). The van der Waals surface area contributed by atoms with Gasteiger partial charge in [0, 0.05) is 167 Å². The molecule has 15 heterocycles. The fourth-order valence-electron chi connectivity index (χ4n) is 11.4. The number of nitrogens with zero attached hydrogens (tertiary/aromatic N) is 26. The van der Waals surface area contributed by atoms with Crippen LogP contribution >= 0.6 is 0 Å². The fraction of sp³-hybridized carbons (Fsp3) is 0. The molecule has 26 nitrogen and oxygen atoms in total. The van der Waals surface area contributed by atoms with Gasteiger partial charge in [-0.3, -0.25) is 44.9 Å². The number of rotatable bonds is 0. The van der Waals surface area contributed by atoms with Crippen molar-refractivity contribution in [3.8, 4) is 0 Å². The molecule has 0 aliphatic heterocycles.